The van der Waals surface area contributed by atoms with Gasteiger partial charge in [-0.15, -0.1) is 0 Å². The van der Waals surface area contributed by atoms with Crippen molar-refractivity contribution in [1.82, 2.24) is 14.7 Å². The van der Waals surface area contributed by atoms with E-state index in [0.717, 1.165) is 5.57 Å². The number of likely N-dealkylation sites (N-methyl/N-ethyl adjacent to an activating group) is 2. The molecular weight excluding hydrogens is 578 g/mol. The second-order valence-electron chi connectivity index (χ2n) is 12.9. The Labute approximate surface area is 256 Å². The summed E-state index contributed by atoms with van der Waals surface area (Å²) in [7, 11) is 6.79. The molecule has 4 aliphatic rings. The second kappa shape index (κ2) is 12.7. The Hall–Kier alpha value is -3.13. The fourth-order valence-electron chi connectivity index (χ4n) is 7.45. The molecule has 5 atom stereocenters. The average molecular weight is 623 g/mol. The van der Waals surface area contributed by atoms with E-state index in [-0.39, 0.29) is 25.0 Å². The molecule has 0 aromatic carbocycles. The van der Waals surface area contributed by atoms with Crippen LogP contribution < -0.4 is 5.73 Å². The van der Waals surface area contributed by atoms with E-state index >= 15 is 0 Å². The van der Waals surface area contributed by atoms with Gasteiger partial charge in [-0.05, 0) is 76.0 Å². The van der Waals surface area contributed by atoms with Crippen LogP contribution in [0.3, 0.4) is 0 Å². The van der Waals surface area contributed by atoms with Crippen molar-refractivity contribution in [3.8, 4) is 0 Å². The molecule has 1 saturated carbocycles. The molecule has 0 aromatic rings. The number of ketones is 2. The number of alkyl halides is 2. The smallest absolute Gasteiger partial charge is 0.255 e. The van der Waals surface area contributed by atoms with Gasteiger partial charge in [-0.1, -0.05) is 6.92 Å². The molecular formula is C31H44F2N4O7. The number of amides is 1. The number of fused-ring (bicyclic) bond motifs is 2. The minimum atomic E-state index is -2.62. The lowest BCUT2D eigenvalue weighted by molar-refractivity contribution is -0.149. The standard InChI is InChI=1S/C31H44F2N4O7/c1-15-19(21(35(2)3)10-16(14-38)13-37-8-6-17(7-9-37)29(32)33)11-18-12-20-24(36(4)5)26(40)23(30(34)43)28(42)31(20,44)27(41)22(18)25(15)39/h10,15,17-18,20,24,29,38,40-41,44H,6-9,11-14H2,1-5H3,(H2,34,43)/b16-10-,21-19+/t15?,18-,20-,24+,31-/m0/s1. The van der Waals surface area contributed by atoms with E-state index in [1.165, 1.54) is 4.90 Å². The number of nitrogens with zero attached hydrogens (tertiary/aromatic N) is 3. The third kappa shape index (κ3) is 5.70. The van der Waals surface area contributed by atoms with Gasteiger partial charge >= 0.3 is 0 Å². The maximum Gasteiger partial charge on any atom is 0.255 e. The highest BCUT2D eigenvalue weighted by Crippen LogP contribution is 2.53. The topological polar surface area (TPSA) is 168 Å². The van der Waals surface area contributed by atoms with Gasteiger partial charge in [-0.25, -0.2) is 8.78 Å². The number of carbonyl (C=O) groups excluding carboxylic acids is 3. The molecule has 0 radical (unpaired) electrons. The monoisotopic (exact) mass is 622 g/mol. The first-order chi connectivity index (χ1) is 20.6. The molecule has 4 rings (SSSR count). The van der Waals surface area contributed by atoms with Crippen LogP contribution in [0.4, 0.5) is 8.78 Å². The fourth-order valence-corrected chi connectivity index (χ4v) is 7.45. The quantitative estimate of drug-likeness (QED) is 0.249. The number of aliphatic hydroxyl groups is 4. The van der Waals surface area contributed by atoms with Crippen LogP contribution in [0.15, 0.2) is 45.6 Å². The molecule has 244 valence electrons. The second-order valence-corrected chi connectivity index (χ2v) is 12.9. The first-order valence-electron chi connectivity index (χ1n) is 14.9. The van der Waals surface area contributed by atoms with Crippen molar-refractivity contribution in [2.24, 2.45) is 29.4 Å². The zero-order chi connectivity index (χ0) is 32.8. The van der Waals surface area contributed by atoms with Crippen LogP contribution in [0.5, 0.6) is 0 Å². The molecule has 6 N–H and O–H groups in total. The van der Waals surface area contributed by atoms with Crippen LogP contribution in [-0.2, 0) is 14.4 Å². The highest BCUT2D eigenvalue weighted by molar-refractivity contribution is 6.24. The lowest BCUT2D eigenvalue weighted by Gasteiger charge is -2.50. The summed E-state index contributed by atoms with van der Waals surface area (Å²) in [5.41, 5.74) is 3.94. The van der Waals surface area contributed by atoms with Crippen molar-refractivity contribution >= 4 is 17.5 Å². The lowest BCUT2D eigenvalue weighted by Crippen LogP contribution is -2.64. The van der Waals surface area contributed by atoms with Crippen molar-refractivity contribution in [3.05, 3.63) is 45.6 Å². The van der Waals surface area contributed by atoms with Crippen molar-refractivity contribution in [3.63, 3.8) is 0 Å². The van der Waals surface area contributed by atoms with E-state index < -0.39 is 76.3 Å². The van der Waals surface area contributed by atoms with Crippen LogP contribution >= 0.6 is 0 Å². The number of rotatable bonds is 8. The Morgan fingerprint density at radius 2 is 1.77 bits per heavy atom. The molecule has 0 aromatic heterocycles. The summed E-state index contributed by atoms with van der Waals surface area (Å²) in [6, 6.07) is -1.05. The van der Waals surface area contributed by atoms with Gasteiger partial charge in [-0.2, -0.15) is 0 Å². The van der Waals surface area contributed by atoms with E-state index in [1.807, 2.05) is 15.9 Å². The zero-order valence-electron chi connectivity index (χ0n) is 25.9. The van der Waals surface area contributed by atoms with Gasteiger partial charge in [0.1, 0.15) is 17.1 Å². The van der Waals surface area contributed by atoms with Gasteiger partial charge in [0.25, 0.3) is 5.91 Å². The molecule has 1 amide bonds. The first kappa shape index (κ1) is 33.8. The number of primary amides is 1. The Morgan fingerprint density at radius 1 is 1.16 bits per heavy atom. The fraction of sp³-hybridized carbons (Fsp3) is 0.645. The molecule has 44 heavy (non-hydrogen) atoms. The Kier molecular flexibility index (Phi) is 9.74. The van der Waals surface area contributed by atoms with Crippen molar-refractivity contribution in [2.75, 3.05) is 54.4 Å². The molecule has 1 aliphatic heterocycles. The Bertz CT molecular complexity index is 1330. The third-order valence-electron chi connectivity index (χ3n) is 9.81. The number of hydrogen-bond acceptors (Lipinski definition) is 10. The molecule has 0 spiro atoms. The average Bonchev–Trinajstić information content (AvgIpc) is 2.94. The predicted octanol–water partition coefficient (Wildman–Crippen LogP) is 1.30. The molecule has 1 saturated heterocycles. The predicted molar refractivity (Wildman–Crippen MR) is 157 cm³/mol. The number of piperidine rings is 1. The van der Waals surface area contributed by atoms with Gasteiger partial charge < -0.3 is 31.1 Å². The van der Waals surface area contributed by atoms with E-state index in [2.05, 4.69) is 0 Å². The molecule has 13 heteroatoms. The summed E-state index contributed by atoms with van der Waals surface area (Å²) in [6.07, 6.45) is 0.534. The van der Waals surface area contributed by atoms with Crippen molar-refractivity contribution in [1.29, 1.82) is 0 Å². The number of halogens is 2. The highest BCUT2D eigenvalue weighted by Gasteiger charge is 2.63. The Morgan fingerprint density at radius 3 is 2.27 bits per heavy atom. The number of likely N-dealkylation sites (tertiary alicyclic amines) is 1. The highest BCUT2D eigenvalue weighted by atomic mass is 19.3. The summed E-state index contributed by atoms with van der Waals surface area (Å²) >= 11 is 0. The lowest BCUT2D eigenvalue weighted by atomic mass is 9.57. The molecule has 3 aliphatic carbocycles. The number of Topliss-reactive ketones (excluding diaryl/α,β-unsaturated/α-hetero) is 2. The normalized spacial score (nSPS) is 31.9. The molecule has 1 heterocycles. The molecule has 1 unspecified atom stereocenters. The minimum Gasteiger partial charge on any atom is -0.510 e. The van der Waals surface area contributed by atoms with Gasteiger partial charge in [0, 0.05) is 49.7 Å². The summed E-state index contributed by atoms with van der Waals surface area (Å²) in [4.78, 5) is 44.8. The zero-order valence-corrected chi connectivity index (χ0v) is 25.9. The molecule has 11 nitrogen and oxygen atoms in total. The summed E-state index contributed by atoms with van der Waals surface area (Å²) < 4.78 is 26.2. The van der Waals surface area contributed by atoms with Crippen LogP contribution in [0.2, 0.25) is 0 Å². The van der Waals surface area contributed by atoms with E-state index in [0.29, 0.717) is 43.7 Å². The van der Waals surface area contributed by atoms with E-state index in [9.17, 15) is 43.6 Å². The SMILES string of the molecule is CC1C(=O)C2=C(O)[C@]3(O)C(=O)C(C(N)=O)=C(O)[C@H](N(C)C)[C@@H]3C[C@@H]2C/C1=C(/C=C(\CO)CN1CCC(C(F)F)CC1)N(C)C. The molecule has 0 bridgehead atoms. The Balaban J connectivity index is 1.74. The summed E-state index contributed by atoms with van der Waals surface area (Å²) in [5.74, 6) is -7.48. The summed E-state index contributed by atoms with van der Waals surface area (Å²) in [5, 5.41) is 44.4. The number of aliphatic hydroxyl groups excluding tert-OH is 3. The maximum atomic E-state index is 13.9. The van der Waals surface area contributed by atoms with Crippen molar-refractivity contribution < 1.29 is 43.6 Å². The third-order valence-corrected chi connectivity index (χ3v) is 9.81. The minimum absolute atomic E-state index is 0.0406. The van der Waals surface area contributed by atoms with E-state index in [4.69, 9.17) is 5.73 Å². The number of hydrogen-bond donors (Lipinski definition) is 5. The van der Waals surface area contributed by atoms with Crippen LogP contribution in [-0.4, -0.2) is 125 Å². The summed E-state index contributed by atoms with van der Waals surface area (Å²) in [6.45, 7) is 2.75. The number of carbonyl (C=O) groups is 3. The van der Waals surface area contributed by atoms with Crippen LogP contribution in [0.1, 0.15) is 32.6 Å². The van der Waals surface area contributed by atoms with Gasteiger partial charge in [0.05, 0.1) is 12.6 Å². The maximum absolute atomic E-state index is 13.9. The van der Waals surface area contributed by atoms with Crippen molar-refractivity contribution in [2.45, 2.75) is 50.7 Å². The largest absolute Gasteiger partial charge is 0.510 e. The van der Waals surface area contributed by atoms with Crippen LogP contribution in [0, 0.1) is 23.7 Å². The van der Waals surface area contributed by atoms with Gasteiger partial charge in [0.2, 0.25) is 12.2 Å². The van der Waals surface area contributed by atoms with Crippen LogP contribution in [0.25, 0.3) is 0 Å². The van der Waals surface area contributed by atoms with Gasteiger partial charge in [0.15, 0.2) is 11.4 Å². The molecule has 2 fully saturated rings. The number of allylic oxidation sites excluding steroid dienone is 3. The first-order valence-corrected chi connectivity index (χ1v) is 14.9. The van der Waals surface area contributed by atoms with Gasteiger partial charge in [-0.3, -0.25) is 24.2 Å². The number of nitrogens with two attached hydrogens (primary N) is 1. The van der Waals surface area contributed by atoms with E-state index in [1.54, 1.807) is 35.1 Å².